The van der Waals surface area contributed by atoms with E-state index in [-0.39, 0.29) is 0 Å². The van der Waals surface area contributed by atoms with Crippen LogP contribution in [0.4, 0.5) is 0 Å². The van der Waals surface area contributed by atoms with Crippen LogP contribution < -0.4 is 5.32 Å². The van der Waals surface area contributed by atoms with Crippen LogP contribution in [-0.4, -0.2) is 33.3 Å². The Kier molecular flexibility index (Phi) is 2.03. The van der Waals surface area contributed by atoms with Gasteiger partial charge in [-0.15, -0.1) is 10.2 Å². The Hall–Kier alpha value is -0.970. The predicted molar refractivity (Wildman–Crippen MR) is 43.7 cm³/mol. The Morgan fingerprint density at radius 3 is 3.17 bits per heavy atom. The Bertz CT molecular complexity index is 250. The minimum Gasteiger partial charge on any atom is -0.316 e. The van der Waals surface area contributed by atoms with Crippen molar-refractivity contribution < 1.29 is 0 Å². The highest BCUT2D eigenvalue weighted by Crippen LogP contribution is 2.16. The molecule has 12 heavy (non-hydrogen) atoms. The molecule has 1 fully saturated rings. The van der Waals surface area contributed by atoms with Crippen LogP contribution in [0.5, 0.6) is 0 Å². The van der Waals surface area contributed by atoms with E-state index in [0.29, 0.717) is 5.92 Å². The molecule has 2 rings (SSSR count). The molecule has 0 aliphatic carbocycles. The second-order valence-corrected chi connectivity index (χ2v) is 3.03. The summed E-state index contributed by atoms with van der Waals surface area (Å²) in [4.78, 5) is 1.63. The molecule has 1 atom stereocenters. The summed E-state index contributed by atoms with van der Waals surface area (Å²) >= 11 is 0. The lowest BCUT2D eigenvalue weighted by Gasteiger charge is -1.98. The van der Waals surface area contributed by atoms with Crippen molar-refractivity contribution >= 4 is 0 Å². The van der Waals surface area contributed by atoms with Gasteiger partial charge in [-0.2, -0.15) is 4.80 Å². The minimum atomic E-state index is 0.477. The topological polar surface area (TPSA) is 55.6 Å². The highest BCUT2D eigenvalue weighted by atomic mass is 15.6. The van der Waals surface area contributed by atoms with Crippen LogP contribution >= 0.6 is 0 Å². The fraction of sp³-hybridized carbons (Fsp3) is 0.857. The van der Waals surface area contributed by atoms with Gasteiger partial charge >= 0.3 is 0 Å². The van der Waals surface area contributed by atoms with Crippen molar-refractivity contribution in [2.24, 2.45) is 0 Å². The molecule has 0 amide bonds. The zero-order chi connectivity index (χ0) is 8.39. The average molecular weight is 167 g/mol. The first-order valence-electron chi connectivity index (χ1n) is 4.38. The van der Waals surface area contributed by atoms with Gasteiger partial charge in [0.1, 0.15) is 0 Å². The number of nitrogens with zero attached hydrogens (tertiary/aromatic N) is 4. The van der Waals surface area contributed by atoms with Crippen molar-refractivity contribution in [2.75, 3.05) is 13.1 Å². The number of nitrogens with one attached hydrogen (secondary N) is 1. The van der Waals surface area contributed by atoms with Gasteiger partial charge in [0, 0.05) is 12.5 Å². The van der Waals surface area contributed by atoms with E-state index in [1.807, 2.05) is 6.92 Å². The summed E-state index contributed by atoms with van der Waals surface area (Å²) in [6.07, 6.45) is 1.13. The molecule has 1 aliphatic rings. The average Bonchev–Trinajstić information content (AvgIpc) is 2.75. The van der Waals surface area contributed by atoms with Gasteiger partial charge in [0.25, 0.3) is 0 Å². The SMILES string of the molecule is CCn1nnc(C2CCNC2)n1. The minimum absolute atomic E-state index is 0.477. The molecule has 1 N–H and O–H groups in total. The van der Waals surface area contributed by atoms with E-state index in [9.17, 15) is 0 Å². The van der Waals surface area contributed by atoms with Crippen LogP contribution in [0.25, 0.3) is 0 Å². The molecule has 1 aliphatic heterocycles. The Morgan fingerprint density at radius 2 is 2.58 bits per heavy atom. The summed E-state index contributed by atoms with van der Waals surface area (Å²) in [5.41, 5.74) is 0. The molecule has 2 heterocycles. The van der Waals surface area contributed by atoms with Crippen molar-refractivity contribution in [2.45, 2.75) is 25.8 Å². The number of hydrogen-bond donors (Lipinski definition) is 1. The van der Waals surface area contributed by atoms with Crippen LogP contribution in [0.3, 0.4) is 0 Å². The molecule has 66 valence electrons. The van der Waals surface area contributed by atoms with Gasteiger partial charge in [-0.1, -0.05) is 0 Å². The molecule has 1 aromatic heterocycles. The molecular formula is C7H13N5. The predicted octanol–water partition coefficient (Wildman–Crippen LogP) is -0.230. The molecule has 5 heteroatoms. The standard InChI is InChI=1S/C7H13N5/c1-2-12-10-7(9-11-12)6-3-4-8-5-6/h6,8H,2-5H2,1H3. The molecule has 0 bridgehead atoms. The molecule has 1 saturated heterocycles. The third-order valence-electron chi connectivity index (χ3n) is 2.18. The van der Waals surface area contributed by atoms with Crippen LogP contribution in [0, 0.1) is 0 Å². The van der Waals surface area contributed by atoms with Crippen LogP contribution in [0.1, 0.15) is 25.1 Å². The summed E-state index contributed by atoms with van der Waals surface area (Å²) in [6, 6.07) is 0. The van der Waals surface area contributed by atoms with Gasteiger partial charge < -0.3 is 5.32 Å². The van der Waals surface area contributed by atoms with E-state index in [2.05, 4.69) is 20.7 Å². The van der Waals surface area contributed by atoms with Gasteiger partial charge in [-0.3, -0.25) is 0 Å². The van der Waals surface area contributed by atoms with Crippen molar-refractivity contribution in [1.29, 1.82) is 0 Å². The summed E-state index contributed by atoms with van der Waals surface area (Å²) in [5, 5.41) is 15.5. The number of aryl methyl sites for hydroxylation is 1. The maximum Gasteiger partial charge on any atom is 0.179 e. The van der Waals surface area contributed by atoms with E-state index in [0.717, 1.165) is 31.9 Å². The molecule has 5 nitrogen and oxygen atoms in total. The highest BCUT2D eigenvalue weighted by Gasteiger charge is 2.20. The van der Waals surface area contributed by atoms with E-state index >= 15 is 0 Å². The van der Waals surface area contributed by atoms with E-state index in [4.69, 9.17) is 0 Å². The van der Waals surface area contributed by atoms with Crippen molar-refractivity contribution in [3.8, 4) is 0 Å². The van der Waals surface area contributed by atoms with E-state index in [1.54, 1.807) is 4.80 Å². The first-order valence-corrected chi connectivity index (χ1v) is 4.38. The monoisotopic (exact) mass is 167 g/mol. The maximum absolute atomic E-state index is 4.27. The highest BCUT2D eigenvalue weighted by molar-refractivity contribution is 4.95. The zero-order valence-corrected chi connectivity index (χ0v) is 7.19. The molecule has 1 unspecified atom stereocenters. The number of hydrogen-bond acceptors (Lipinski definition) is 4. The van der Waals surface area contributed by atoms with Crippen molar-refractivity contribution in [1.82, 2.24) is 25.5 Å². The van der Waals surface area contributed by atoms with Crippen molar-refractivity contribution in [3.63, 3.8) is 0 Å². The van der Waals surface area contributed by atoms with Gasteiger partial charge in [0.2, 0.25) is 0 Å². The van der Waals surface area contributed by atoms with Crippen LogP contribution in [0.2, 0.25) is 0 Å². The smallest absolute Gasteiger partial charge is 0.179 e. The van der Waals surface area contributed by atoms with Gasteiger partial charge in [-0.25, -0.2) is 0 Å². The molecule has 0 saturated carbocycles. The zero-order valence-electron chi connectivity index (χ0n) is 7.19. The quantitative estimate of drug-likeness (QED) is 0.661. The Labute approximate surface area is 71.1 Å². The largest absolute Gasteiger partial charge is 0.316 e. The second-order valence-electron chi connectivity index (χ2n) is 3.03. The van der Waals surface area contributed by atoms with Gasteiger partial charge in [0.05, 0.1) is 6.54 Å². The lowest BCUT2D eigenvalue weighted by Crippen LogP contribution is -2.09. The van der Waals surface area contributed by atoms with E-state index in [1.165, 1.54) is 0 Å². The molecule has 1 aromatic rings. The number of rotatable bonds is 2. The summed E-state index contributed by atoms with van der Waals surface area (Å²) in [5.74, 6) is 1.37. The fourth-order valence-electron chi connectivity index (χ4n) is 1.43. The lowest BCUT2D eigenvalue weighted by molar-refractivity contribution is 0.547. The third-order valence-corrected chi connectivity index (χ3v) is 2.18. The second kappa shape index (κ2) is 3.18. The van der Waals surface area contributed by atoms with Crippen LogP contribution in [0.15, 0.2) is 0 Å². The van der Waals surface area contributed by atoms with Crippen LogP contribution in [-0.2, 0) is 6.54 Å². The van der Waals surface area contributed by atoms with E-state index < -0.39 is 0 Å². The maximum atomic E-state index is 4.27. The summed E-state index contributed by atoms with van der Waals surface area (Å²) in [7, 11) is 0. The van der Waals surface area contributed by atoms with Gasteiger partial charge in [0.15, 0.2) is 5.82 Å². The number of aromatic nitrogens is 4. The first kappa shape index (κ1) is 7.67. The normalized spacial score (nSPS) is 23.2. The van der Waals surface area contributed by atoms with Gasteiger partial charge in [-0.05, 0) is 25.1 Å². The first-order chi connectivity index (χ1) is 5.90. The number of tetrazole rings is 1. The Morgan fingerprint density at radius 1 is 1.67 bits per heavy atom. The fourth-order valence-corrected chi connectivity index (χ4v) is 1.43. The lowest BCUT2D eigenvalue weighted by atomic mass is 10.1. The summed E-state index contributed by atoms with van der Waals surface area (Å²) in [6.45, 7) is 4.88. The van der Waals surface area contributed by atoms with Crippen molar-refractivity contribution in [3.05, 3.63) is 5.82 Å². The summed E-state index contributed by atoms with van der Waals surface area (Å²) < 4.78 is 0. The third kappa shape index (κ3) is 1.32. The molecule has 0 radical (unpaired) electrons. The molecule has 0 spiro atoms. The molecular weight excluding hydrogens is 154 g/mol. The molecule has 0 aromatic carbocycles. The Balaban J connectivity index is 2.11.